The first-order valence-corrected chi connectivity index (χ1v) is 9.85. The van der Waals surface area contributed by atoms with E-state index in [1.54, 1.807) is 6.92 Å². The van der Waals surface area contributed by atoms with Gasteiger partial charge in [-0.25, -0.2) is 0 Å². The molecule has 0 aromatic rings. The quantitative estimate of drug-likeness (QED) is 0.304. The van der Waals surface area contributed by atoms with E-state index in [2.05, 4.69) is 6.92 Å². The molecular formula is C15H33NaO3P+. The molecule has 116 valence electrons. The van der Waals surface area contributed by atoms with E-state index in [4.69, 9.17) is 4.52 Å². The minimum Gasteiger partial charge on any atom is -0.324 e. The van der Waals surface area contributed by atoms with Crippen molar-refractivity contribution in [2.24, 2.45) is 0 Å². The van der Waals surface area contributed by atoms with Gasteiger partial charge in [-0.1, -0.05) is 71.1 Å². The average Bonchev–Trinajstić information content (AvgIpc) is 2.36. The fourth-order valence-electron chi connectivity index (χ4n) is 2.24. The van der Waals surface area contributed by atoms with Crippen molar-refractivity contribution in [1.82, 2.24) is 0 Å². The molecule has 0 amide bonds. The van der Waals surface area contributed by atoms with Crippen LogP contribution in [0, 0.1) is 0 Å². The Balaban J connectivity index is 0. The standard InChI is InChI=1S/C15H33O3P.Na/c1-3-5-6-7-8-9-10-11-12-13-14-15-19(16,17)18-4-2;/h3-15H2,1-2H3,(H,16,17);/q;+1. The fourth-order valence-corrected chi connectivity index (χ4v) is 3.40. The second kappa shape index (κ2) is 16.5. The van der Waals surface area contributed by atoms with Crippen LogP contribution in [0.2, 0.25) is 0 Å². The van der Waals surface area contributed by atoms with Gasteiger partial charge < -0.3 is 9.42 Å². The maximum absolute atomic E-state index is 11.4. The van der Waals surface area contributed by atoms with Gasteiger partial charge in [-0.2, -0.15) is 0 Å². The van der Waals surface area contributed by atoms with Crippen LogP contribution in [0.5, 0.6) is 0 Å². The van der Waals surface area contributed by atoms with Gasteiger partial charge in [0.2, 0.25) is 0 Å². The molecule has 1 N–H and O–H groups in total. The normalized spacial score (nSPS) is 13.8. The summed E-state index contributed by atoms with van der Waals surface area (Å²) in [5.41, 5.74) is 0. The minimum atomic E-state index is -3.27. The summed E-state index contributed by atoms with van der Waals surface area (Å²) in [6.45, 7) is 4.33. The van der Waals surface area contributed by atoms with Crippen LogP contribution < -0.4 is 29.6 Å². The molecule has 3 nitrogen and oxygen atoms in total. The number of hydrogen-bond acceptors (Lipinski definition) is 2. The summed E-state index contributed by atoms with van der Waals surface area (Å²) < 4.78 is 16.2. The third-order valence-electron chi connectivity index (χ3n) is 3.38. The zero-order valence-corrected chi connectivity index (χ0v) is 16.8. The summed E-state index contributed by atoms with van der Waals surface area (Å²) in [6.07, 6.45) is 14.1. The van der Waals surface area contributed by atoms with Gasteiger partial charge in [-0.3, -0.25) is 4.57 Å². The second-order valence-electron chi connectivity index (χ2n) is 5.31. The average molecular weight is 315 g/mol. The van der Waals surface area contributed by atoms with Gasteiger partial charge >= 0.3 is 37.2 Å². The fraction of sp³-hybridized carbons (Fsp3) is 1.00. The smallest absolute Gasteiger partial charge is 0.324 e. The summed E-state index contributed by atoms with van der Waals surface area (Å²) in [4.78, 5) is 9.39. The second-order valence-corrected chi connectivity index (χ2v) is 7.29. The van der Waals surface area contributed by atoms with Gasteiger partial charge in [-0.15, -0.1) is 0 Å². The molecule has 0 rings (SSSR count). The van der Waals surface area contributed by atoms with Crippen molar-refractivity contribution in [3.63, 3.8) is 0 Å². The van der Waals surface area contributed by atoms with Crippen molar-refractivity contribution in [1.29, 1.82) is 0 Å². The molecule has 0 aliphatic heterocycles. The Morgan fingerprint density at radius 2 is 1.20 bits per heavy atom. The Hall–Kier alpha value is 1.15. The van der Waals surface area contributed by atoms with E-state index in [0.29, 0.717) is 12.8 Å². The first kappa shape index (κ1) is 23.4. The van der Waals surface area contributed by atoms with Crippen LogP contribution in [-0.4, -0.2) is 17.7 Å². The molecule has 0 radical (unpaired) electrons. The molecule has 1 atom stereocenters. The molecule has 0 saturated heterocycles. The van der Waals surface area contributed by atoms with E-state index in [0.717, 1.165) is 12.8 Å². The SMILES string of the molecule is CCCCCCCCCCCCCP(=O)(O)OCC.[Na+]. The molecule has 0 aliphatic rings. The third-order valence-corrected chi connectivity index (χ3v) is 4.92. The number of rotatable bonds is 14. The molecule has 0 saturated carbocycles. The van der Waals surface area contributed by atoms with Crippen LogP contribution in [0.15, 0.2) is 0 Å². The molecule has 1 unspecified atom stereocenters. The van der Waals surface area contributed by atoms with Crippen LogP contribution in [0.1, 0.15) is 84.5 Å². The van der Waals surface area contributed by atoms with E-state index in [1.165, 1.54) is 57.8 Å². The van der Waals surface area contributed by atoms with Gasteiger partial charge in [0.15, 0.2) is 0 Å². The Morgan fingerprint density at radius 1 is 0.800 bits per heavy atom. The molecule has 5 heteroatoms. The minimum absolute atomic E-state index is 0. The Labute approximate surface area is 148 Å². The molecule has 0 fully saturated rings. The molecule has 0 aromatic carbocycles. The summed E-state index contributed by atoms with van der Waals surface area (Å²) in [6, 6.07) is 0. The van der Waals surface area contributed by atoms with Crippen LogP contribution in [0.4, 0.5) is 0 Å². The summed E-state index contributed by atoms with van der Waals surface area (Å²) in [5.74, 6) is 0. The molecule has 0 aliphatic carbocycles. The molecule has 20 heavy (non-hydrogen) atoms. The van der Waals surface area contributed by atoms with Gasteiger partial charge in [0.05, 0.1) is 6.61 Å². The van der Waals surface area contributed by atoms with E-state index >= 15 is 0 Å². The Morgan fingerprint density at radius 3 is 1.60 bits per heavy atom. The van der Waals surface area contributed by atoms with E-state index < -0.39 is 7.60 Å². The molecule has 0 aromatic heterocycles. The van der Waals surface area contributed by atoms with Crippen molar-refractivity contribution in [2.75, 3.05) is 12.8 Å². The Bertz CT molecular complexity index is 237. The summed E-state index contributed by atoms with van der Waals surface area (Å²) in [5, 5.41) is 0. The van der Waals surface area contributed by atoms with Crippen LogP contribution in [-0.2, 0) is 9.09 Å². The first-order valence-electron chi connectivity index (χ1n) is 8.08. The molecular weight excluding hydrogens is 282 g/mol. The van der Waals surface area contributed by atoms with E-state index in [-0.39, 0.29) is 29.6 Å². The zero-order chi connectivity index (χ0) is 14.4. The van der Waals surface area contributed by atoms with Crippen molar-refractivity contribution < 1.29 is 43.5 Å². The zero-order valence-electron chi connectivity index (χ0n) is 13.9. The predicted octanol–water partition coefficient (Wildman–Crippen LogP) is 2.52. The Kier molecular flexibility index (Phi) is 19.3. The topological polar surface area (TPSA) is 46.5 Å². The van der Waals surface area contributed by atoms with Crippen molar-refractivity contribution in [3.05, 3.63) is 0 Å². The third kappa shape index (κ3) is 17.2. The van der Waals surface area contributed by atoms with Crippen molar-refractivity contribution in [2.45, 2.75) is 84.5 Å². The first-order chi connectivity index (χ1) is 9.12. The van der Waals surface area contributed by atoms with E-state index in [9.17, 15) is 9.46 Å². The number of unbranched alkanes of at least 4 members (excludes halogenated alkanes) is 10. The van der Waals surface area contributed by atoms with Crippen LogP contribution in [0.25, 0.3) is 0 Å². The van der Waals surface area contributed by atoms with Gasteiger partial charge in [-0.05, 0) is 13.3 Å². The molecule has 0 bridgehead atoms. The summed E-state index contributed by atoms with van der Waals surface area (Å²) >= 11 is 0. The van der Waals surface area contributed by atoms with Gasteiger partial charge in [0.25, 0.3) is 0 Å². The molecule has 0 spiro atoms. The maximum Gasteiger partial charge on any atom is 1.00 e. The summed E-state index contributed by atoms with van der Waals surface area (Å²) in [7, 11) is -3.27. The van der Waals surface area contributed by atoms with Crippen LogP contribution >= 0.6 is 7.60 Å². The molecule has 0 heterocycles. The van der Waals surface area contributed by atoms with Crippen molar-refractivity contribution >= 4 is 7.60 Å². The van der Waals surface area contributed by atoms with Gasteiger partial charge in [0, 0.05) is 6.16 Å². The van der Waals surface area contributed by atoms with Crippen LogP contribution in [0.3, 0.4) is 0 Å². The predicted molar refractivity (Wildman–Crippen MR) is 82.8 cm³/mol. The van der Waals surface area contributed by atoms with Gasteiger partial charge in [0.1, 0.15) is 0 Å². The van der Waals surface area contributed by atoms with E-state index in [1.807, 2.05) is 0 Å². The maximum atomic E-state index is 11.4. The monoisotopic (exact) mass is 315 g/mol. The number of hydrogen-bond donors (Lipinski definition) is 1. The largest absolute Gasteiger partial charge is 1.00 e. The van der Waals surface area contributed by atoms with Crippen molar-refractivity contribution in [3.8, 4) is 0 Å².